The Morgan fingerprint density at radius 3 is 2.40 bits per heavy atom. The highest BCUT2D eigenvalue weighted by Gasteiger charge is 2.08. The van der Waals surface area contributed by atoms with Crippen molar-refractivity contribution in [2.75, 3.05) is 0 Å². The minimum atomic E-state index is -0.892. The fraction of sp³-hybridized carbons (Fsp3) is 0.176. The van der Waals surface area contributed by atoms with Gasteiger partial charge in [-0.2, -0.15) is 0 Å². The fourth-order valence-electron chi connectivity index (χ4n) is 1.55. The van der Waals surface area contributed by atoms with Gasteiger partial charge >= 0.3 is 5.97 Å². The number of aliphatic carboxylic acids is 1. The molecule has 0 saturated heterocycles. The summed E-state index contributed by atoms with van der Waals surface area (Å²) in [6.07, 6.45) is 8.28. The topological polar surface area (TPSA) is 54.4 Å². The Morgan fingerprint density at radius 2 is 1.85 bits per heavy atom. The molecule has 0 amide bonds. The van der Waals surface area contributed by atoms with E-state index in [2.05, 4.69) is 0 Å². The van der Waals surface area contributed by atoms with Gasteiger partial charge in [0.05, 0.1) is 5.92 Å². The summed E-state index contributed by atoms with van der Waals surface area (Å²) >= 11 is 0. The Morgan fingerprint density at radius 1 is 1.20 bits per heavy atom. The van der Waals surface area contributed by atoms with Gasteiger partial charge < -0.3 is 5.11 Å². The van der Waals surface area contributed by atoms with Crippen molar-refractivity contribution in [3.63, 3.8) is 0 Å². The van der Waals surface area contributed by atoms with Crippen LogP contribution in [0.5, 0.6) is 0 Å². The molecule has 1 rings (SSSR count). The minimum Gasteiger partial charge on any atom is -0.481 e. The molecule has 3 heteroatoms. The summed E-state index contributed by atoms with van der Waals surface area (Å²) in [4.78, 5) is 23.0. The third kappa shape index (κ3) is 4.69. The lowest BCUT2D eigenvalue weighted by Gasteiger charge is -2.01. The van der Waals surface area contributed by atoms with E-state index in [1.165, 1.54) is 0 Å². The Hall–Kier alpha value is -2.42. The smallest absolute Gasteiger partial charge is 0.310 e. The third-order valence-electron chi connectivity index (χ3n) is 2.71. The van der Waals surface area contributed by atoms with E-state index in [0.29, 0.717) is 11.1 Å². The van der Waals surface area contributed by atoms with Crippen LogP contribution in [0.1, 0.15) is 24.2 Å². The second-order valence-corrected chi connectivity index (χ2v) is 4.33. The molecule has 1 unspecified atom stereocenters. The zero-order valence-corrected chi connectivity index (χ0v) is 11.6. The number of hydrogen-bond acceptors (Lipinski definition) is 2. The molecule has 1 N–H and O–H groups in total. The first-order valence-corrected chi connectivity index (χ1v) is 6.40. The molecule has 0 aliphatic heterocycles. The summed E-state index contributed by atoms with van der Waals surface area (Å²) < 4.78 is 0. The minimum absolute atomic E-state index is 0.0867. The molecule has 0 spiro atoms. The summed E-state index contributed by atoms with van der Waals surface area (Å²) in [5.74, 6) is -1.56. The molecule has 0 saturated carbocycles. The van der Waals surface area contributed by atoms with Crippen LogP contribution in [-0.4, -0.2) is 16.9 Å². The molecule has 20 heavy (non-hydrogen) atoms. The van der Waals surface area contributed by atoms with E-state index in [9.17, 15) is 9.59 Å². The average molecular weight is 270 g/mol. The molecule has 0 bridgehead atoms. The van der Waals surface area contributed by atoms with Gasteiger partial charge in [-0.3, -0.25) is 9.59 Å². The van der Waals surface area contributed by atoms with Crippen LogP contribution in [0.3, 0.4) is 0 Å². The lowest BCUT2D eigenvalue weighted by Crippen LogP contribution is -2.05. The molecule has 3 nitrogen and oxygen atoms in total. The number of carbonyl (C=O) groups is 2. The molecule has 0 radical (unpaired) electrons. The summed E-state index contributed by atoms with van der Waals surface area (Å²) in [7, 11) is 0. The predicted octanol–water partition coefficient (Wildman–Crippen LogP) is 3.65. The highest BCUT2D eigenvalue weighted by atomic mass is 16.4. The normalized spacial score (nSPS) is 13.8. The zero-order valence-electron chi connectivity index (χ0n) is 11.6. The Bertz CT molecular complexity index is 551. The standard InChI is InChI=1S/C17H18O3/c1-3-8-14(12-7-9-13(2)17(19)20)16(18)15-10-5-4-6-11-15/h3-13H,1-2H3,(H,19,20)/b8-3-,9-7+,14-12+. The first kappa shape index (κ1) is 15.6. The lowest BCUT2D eigenvalue weighted by atomic mass is 10.0. The summed E-state index contributed by atoms with van der Waals surface area (Å²) in [5.41, 5.74) is 1.13. The maximum Gasteiger partial charge on any atom is 0.310 e. The van der Waals surface area contributed by atoms with E-state index < -0.39 is 11.9 Å². The van der Waals surface area contributed by atoms with Crippen LogP contribution in [-0.2, 0) is 4.79 Å². The van der Waals surface area contributed by atoms with Crippen molar-refractivity contribution >= 4 is 11.8 Å². The first-order chi connectivity index (χ1) is 9.56. The third-order valence-corrected chi connectivity index (χ3v) is 2.71. The molecule has 0 fully saturated rings. The predicted molar refractivity (Wildman–Crippen MR) is 79.6 cm³/mol. The van der Waals surface area contributed by atoms with Crippen molar-refractivity contribution in [1.29, 1.82) is 0 Å². The number of carbonyl (C=O) groups excluding carboxylic acids is 1. The largest absolute Gasteiger partial charge is 0.481 e. The van der Waals surface area contributed by atoms with Crippen molar-refractivity contribution < 1.29 is 14.7 Å². The Kier molecular flexibility index (Phi) is 6.17. The molecule has 0 aliphatic rings. The highest BCUT2D eigenvalue weighted by molar-refractivity contribution is 6.10. The maximum atomic E-state index is 12.3. The molecule has 1 aromatic carbocycles. The highest BCUT2D eigenvalue weighted by Crippen LogP contribution is 2.10. The summed E-state index contributed by atoms with van der Waals surface area (Å²) in [6.45, 7) is 3.41. The van der Waals surface area contributed by atoms with Gasteiger partial charge in [0.2, 0.25) is 0 Å². The van der Waals surface area contributed by atoms with E-state index in [4.69, 9.17) is 5.11 Å². The Labute approximate surface area is 118 Å². The summed E-state index contributed by atoms with van der Waals surface area (Å²) in [5, 5.41) is 8.78. The van der Waals surface area contributed by atoms with Crippen LogP contribution in [0, 0.1) is 5.92 Å². The lowest BCUT2D eigenvalue weighted by molar-refractivity contribution is -0.139. The van der Waals surface area contributed by atoms with Gasteiger partial charge in [0.25, 0.3) is 0 Å². The van der Waals surface area contributed by atoms with Crippen molar-refractivity contribution in [2.45, 2.75) is 13.8 Å². The average Bonchev–Trinajstić information content (AvgIpc) is 2.46. The fourth-order valence-corrected chi connectivity index (χ4v) is 1.55. The van der Waals surface area contributed by atoms with Crippen LogP contribution >= 0.6 is 0 Å². The van der Waals surface area contributed by atoms with Crippen LogP contribution in [0.2, 0.25) is 0 Å². The van der Waals surface area contributed by atoms with Crippen molar-refractivity contribution in [1.82, 2.24) is 0 Å². The van der Waals surface area contributed by atoms with E-state index >= 15 is 0 Å². The second-order valence-electron chi connectivity index (χ2n) is 4.33. The number of carboxylic acid groups (broad SMARTS) is 1. The van der Waals surface area contributed by atoms with Gasteiger partial charge in [0.1, 0.15) is 0 Å². The number of carboxylic acids is 1. The molecule has 0 aromatic heterocycles. The number of hydrogen-bond donors (Lipinski definition) is 1. The number of Topliss-reactive ketones (excluding diaryl/α,β-unsaturated/α-hetero) is 1. The van der Waals surface area contributed by atoms with Crippen LogP contribution < -0.4 is 0 Å². The van der Waals surface area contributed by atoms with Crippen LogP contribution in [0.4, 0.5) is 0 Å². The van der Waals surface area contributed by atoms with E-state index in [1.807, 2.05) is 25.1 Å². The molecule has 1 aromatic rings. The summed E-state index contributed by atoms with van der Waals surface area (Å²) in [6, 6.07) is 8.97. The van der Waals surface area contributed by atoms with Gasteiger partial charge in [-0.05, 0) is 13.8 Å². The SMILES string of the molecule is C\C=C/C(=C\C=C\C(C)C(=O)O)C(=O)c1ccccc1. The molecule has 0 heterocycles. The van der Waals surface area contributed by atoms with Crippen LogP contribution in [0.15, 0.2) is 66.3 Å². The van der Waals surface area contributed by atoms with E-state index in [1.54, 1.807) is 49.4 Å². The van der Waals surface area contributed by atoms with Gasteiger partial charge in [-0.25, -0.2) is 0 Å². The van der Waals surface area contributed by atoms with E-state index in [0.717, 1.165) is 0 Å². The van der Waals surface area contributed by atoms with E-state index in [-0.39, 0.29) is 5.78 Å². The molecule has 0 aliphatic carbocycles. The van der Waals surface area contributed by atoms with Gasteiger partial charge in [-0.1, -0.05) is 60.7 Å². The van der Waals surface area contributed by atoms with Crippen molar-refractivity contribution in [3.05, 3.63) is 71.8 Å². The van der Waals surface area contributed by atoms with Gasteiger partial charge in [-0.15, -0.1) is 0 Å². The molecule has 1 atom stereocenters. The number of benzene rings is 1. The number of ketones is 1. The number of rotatable bonds is 6. The molecular weight excluding hydrogens is 252 g/mol. The first-order valence-electron chi connectivity index (χ1n) is 6.40. The zero-order chi connectivity index (χ0) is 15.0. The van der Waals surface area contributed by atoms with Crippen molar-refractivity contribution in [3.8, 4) is 0 Å². The van der Waals surface area contributed by atoms with Crippen molar-refractivity contribution in [2.24, 2.45) is 5.92 Å². The van der Waals surface area contributed by atoms with Crippen LogP contribution in [0.25, 0.3) is 0 Å². The van der Waals surface area contributed by atoms with Gasteiger partial charge in [0.15, 0.2) is 5.78 Å². The maximum absolute atomic E-state index is 12.3. The monoisotopic (exact) mass is 270 g/mol. The quantitative estimate of drug-likeness (QED) is 0.487. The molecular formula is C17H18O3. The molecule has 104 valence electrons. The second kappa shape index (κ2) is 7.89. The Balaban J connectivity index is 2.95. The van der Waals surface area contributed by atoms with Gasteiger partial charge in [0, 0.05) is 11.1 Å². The number of allylic oxidation sites excluding steroid dienone is 5.